The van der Waals surface area contributed by atoms with Crippen LogP contribution in [0.2, 0.25) is 0 Å². The molecule has 0 amide bonds. The van der Waals surface area contributed by atoms with Gasteiger partial charge in [0, 0.05) is 6.07 Å². The van der Waals surface area contributed by atoms with Gasteiger partial charge < -0.3 is 14.9 Å². The number of nitrogens with one attached hydrogen (secondary N) is 1. The molecule has 1 heterocycles. The predicted molar refractivity (Wildman–Crippen MR) is 46.1 cm³/mol. The Kier molecular flexibility index (Phi) is 4.05. The Morgan fingerprint density at radius 3 is 2.71 bits per heavy atom. The molecule has 17 heavy (non-hydrogen) atoms. The third-order valence-corrected chi connectivity index (χ3v) is 1.76. The molecule has 0 bridgehead atoms. The van der Waals surface area contributed by atoms with Crippen LogP contribution >= 0.6 is 0 Å². The lowest BCUT2D eigenvalue weighted by atomic mass is 10.3. The van der Waals surface area contributed by atoms with Crippen molar-refractivity contribution in [2.75, 3.05) is 6.54 Å². The van der Waals surface area contributed by atoms with Crippen molar-refractivity contribution in [1.29, 1.82) is 0 Å². The van der Waals surface area contributed by atoms with Crippen LogP contribution in [-0.4, -0.2) is 35.1 Å². The summed E-state index contributed by atoms with van der Waals surface area (Å²) in [5.74, 6) is -5.51. The number of rotatable bonds is 6. The van der Waals surface area contributed by atoms with Crippen molar-refractivity contribution >= 4 is 5.97 Å². The van der Waals surface area contributed by atoms with Crippen molar-refractivity contribution < 1.29 is 32.0 Å². The van der Waals surface area contributed by atoms with Crippen molar-refractivity contribution in [3.8, 4) is 0 Å². The molecule has 1 aromatic rings. The zero-order valence-corrected chi connectivity index (χ0v) is 8.29. The molecular weight excluding hydrogens is 248 g/mol. The molecule has 0 aliphatic rings. The monoisotopic (exact) mass is 256 g/mol. The number of carbonyl (C=O) groups is 1. The molecular formula is C8H8F4N2O3. The quantitative estimate of drug-likeness (QED) is 0.752. The number of hydrogen-bond donors (Lipinski definition) is 2. The van der Waals surface area contributed by atoms with E-state index >= 15 is 0 Å². The summed E-state index contributed by atoms with van der Waals surface area (Å²) in [6.07, 6.45) is -3.76. The van der Waals surface area contributed by atoms with Gasteiger partial charge in [0.15, 0.2) is 11.5 Å². The summed E-state index contributed by atoms with van der Waals surface area (Å²) in [6, 6.07) is 1.01. The molecule has 5 nitrogen and oxygen atoms in total. The molecule has 1 aromatic heterocycles. The standard InChI is InChI=1S/C8H8F4N2O3/c9-7(10)8(11,12)3-13-2-4-1-5(6(15)16)14-17-4/h1,7,13H,2-3H2,(H,15,16). The van der Waals surface area contributed by atoms with Crippen LogP contribution in [0, 0.1) is 0 Å². The smallest absolute Gasteiger partial charge is 0.358 e. The zero-order valence-electron chi connectivity index (χ0n) is 8.29. The highest BCUT2D eigenvalue weighted by Crippen LogP contribution is 2.21. The summed E-state index contributed by atoms with van der Waals surface area (Å²) in [4.78, 5) is 10.4. The minimum atomic E-state index is -4.14. The molecule has 0 saturated carbocycles. The summed E-state index contributed by atoms with van der Waals surface area (Å²) < 4.78 is 52.8. The molecule has 2 N–H and O–H groups in total. The van der Waals surface area contributed by atoms with E-state index in [2.05, 4.69) is 9.68 Å². The lowest BCUT2D eigenvalue weighted by molar-refractivity contribution is -0.125. The van der Waals surface area contributed by atoms with Gasteiger partial charge in [0.2, 0.25) is 0 Å². The van der Waals surface area contributed by atoms with Crippen LogP contribution in [0.4, 0.5) is 17.6 Å². The Morgan fingerprint density at radius 1 is 1.59 bits per heavy atom. The second kappa shape index (κ2) is 5.13. The number of alkyl halides is 4. The Bertz CT molecular complexity index is 394. The zero-order chi connectivity index (χ0) is 13.1. The fraction of sp³-hybridized carbons (Fsp3) is 0.500. The highest BCUT2D eigenvalue weighted by Gasteiger charge is 2.40. The maximum Gasteiger partial charge on any atom is 0.358 e. The Morgan fingerprint density at radius 2 is 2.24 bits per heavy atom. The molecule has 0 spiro atoms. The Hall–Kier alpha value is -1.64. The predicted octanol–water partition coefficient (Wildman–Crippen LogP) is 1.36. The highest BCUT2D eigenvalue weighted by molar-refractivity contribution is 5.85. The average Bonchev–Trinajstić information content (AvgIpc) is 2.66. The maximum absolute atomic E-state index is 12.4. The third kappa shape index (κ3) is 3.70. The van der Waals surface area contributed by atoms with Crippen LogP contribution < -0.4 is 5.32 Å². The first kappa shape index (κ1) is 13.4. The molecule has 0 aromatic carbocycles. The third-order valence-electron chi connectivity index (χ3n) is 1.76. The molecule has 1 rings (SSSR count). The summed E-state index contributed by atoms with van der Waals surface area (Å²) >= 11 is 0. The number of hydrogen-bond acceptors (Lipinski definition) is 4. The van der Waals surface area contributed by atoms with Gasteiger partial charge in [-0.2, -0.15) is 8.78 Å². The first-order valence-corrected chi connectivity index (χ1v) is 4.38. The molecule has 0 atom stereocenters. The van der Waals surface area contributed by atoms with E-state index in [1.165, 1.54) is 0 Å². The van der Waals surface area contributed by atoms with Gasteiger partial charge in [0.25, 0.3) is 0 Å². The SMILES string of the molecule is O=C(O)c1cc(CNCC(F)(F)C(F)F)on1. The van der Waals surface area contributed by atoms with Crippen molar-refractivity contribution in [3.05, 3.63) is 17.5 Å². The minimum Gasteiger partial charge on any atom is -0.476 e. The highest BCUT2D eigenvalue weighted by atomic mass is 19.3. The summed E-state index contributed by atoms with van der Waals surface area (Å²) in [7, 11) is 0. The van der Waals surface area contributed by atoms with Crippen LogP contribution in [0.25, 0.3) is 0 Å². The Labute approximate surface area is 92.4 Å². The maximum atomic E-state index is 12.4. The van der Waals surface area contributed by atoms with Crippen molar-refractivity contribution in [2.24, 2.45) is 0 Å². The van der Waals surface area contributed by atoms with E-state index in [1.807, 2.05) is 5.32 Å². The molecule has 0 aliphatic carbocycles. The van der Waals surface area contributed by atoms with E-state index in [0.717, 1.165) is 6.07 Å². The van der Waals surface area contributed by atoms with Crippen molar-refractivity contribution in [2.45, 2.75) is 18.9 Å². The minimum absolute atomic E-state index is 0.0348. The molecule has 0 radical (unpaired) electrons. The largest absolute Gasteiger partial charge is 0.476 e. The lowest BCUT2D eigenvalue weighted by Crippen LogP contribution is -2.38. The molecule has 9 heteroatoms. The number of halogens is 4. The number of nitrogens with zero attached hydrogens (tertiary/aromatic N) is 1. The number of carboxylic acids is 1. The topological polar surface area (TPSA) is 75.4 Å². The van der Waals surface area contributed by atoms with Gasteiger partial charge in [-0.15, -0.1) is 0 Å². The van der Waals surface area contributed by atoms with Gasteiger partial charge >= 0.3 is 18.3 Å². The second-order valence-electron chi connectivity index (χ2n) is 3.15. The lowest BCUT2D eigenvalue weighted by Gasteiger charge is -2.14. The number of aromatic carboxylic acids is 1. The number of aromatic nitrogens is 1. The van der Waals surface area contributed by atoms with Gasteiger partial charge in [-0.25, -0.2) is 13.6 Å². The van der Waals surface area contributed by atoms with Crippen LogP contribution in [-0.2, 0) is 6.54 Å². The van der Waals surface area contributed by atoms with Crippen LogP contribution in [0.1, 0.15) is 16.2 Å². The van der Waals surface area contributed by atoms with Crippen LogP contribution in [0.15, 0.2) is 10.6 Å². The van der Waals surface area contributed by atoms with E-state index in [1.54, 1.807) is 0 Å². The van der Waals surface area contributed by atoms with E-state index in [0.29, 0.717) is 0 Å². The van der Waals surface area contributed by atoms with Gasteiger partial charge in [0.1, 0.15) is 0 Å². The van der Waals surface area contributed by atoms with Gasteiger partial charge in [0.05, 0.1) is 13.1 Å². The van der Waals surface area contributed by atoms with Gasteiger partial charge in [-0.05, 0) is 0 Å². The molecule has 0 fully saturated rings. The fourth-order valence-electron chi connectivity index (χ4n) is 0.927. The second-order valence-corrected chi connectivity index (χ2v) is 3.15. The molecule has 0 saturated heterocycles. The van der Waals surface area contributed by atoms with E-state index in [4.69, 9.17) is 5.11 Å². The van der Waals surface area contributed by atoms with Crippen molar-refractivity contribution in [3.63, 3.8) is 0 Å². The van der Waals surface area contributed by atoms with Gasteiger partial charge in [-0.3, -0.25) is 0 Å². The van der Waals surface area contributed by atoms with Crippen molar-refractivity contribution in [1.82, 2.24) is 10.5 Å². The molecule has 96 valence electrons. The fourth-order valence-corrected chi connectivity index (χ4v) is 0.927. The Balaban J connectivity index is 2.43. The normalized spacial score (nSPS) is 12.1. The molecule has 0 aliphatic heterocycles. The van der Waals surface area contributed by atoms with E-state index in [-0.39, 0.29) is 18.0 Å². The summed E-state index contributed by atoms with van der Waals surface area (Å²) in [6.45, 7) is -1.56. The average molecular weight is 256 g/mol. The summed E-state index contributed by atoms with van der Waals surface area (Å²) in [5, 5.41) is 13.6. The first-order valence-electron chi connectivity index (χ1n) is 4.38. The van der Waals surface area contributed by atoms with Gasteiger partial charge in [-0.1, -0.05) is 5.16 Å². The number of carboxylic acid groups (broad SMARTS) is 1. The van der Waals surface area contributed by atoms with E-state index in [9.17, 15) is 22.4 Å². The van der Waals surface area contributed by atoms with E-state index < -0.39 is 24.9 Å². The van der Waals surface area contributed by atoms with Crippen LogP contribution in [0.5, 0.6) is 0 Å². The first-order chi connectivity index (χ1) is 7.83. The molecule has 0 unspecified atom stereocenters. The summed E-state index contributed by atoms with van der Waals surface area (Å²) in [5.41, 5.74) is -0.387. The van der Waals surface area contributed by atoms with Crippen LogP contribution in [0.3, 0.4) is 0 Å².